The van der Waals surface area contributed by atoms with Crippen LogP contribution in [-0.2, 0) is 27.1 Å². The lowest BCUT2D eigenvalue weighted by Crippen LogP contribution is -2.60. The highest BCUT2D eigenvalue weighted by Crippen LogP contribution is 2.41. The van der Waals surface area contributed by atoms with Gasteiger partial charge in [-0.15, -0.1) is 0 Å². The van der Waals surface area contributed by atoms with Crippen LogP contribution in [0.2, 0.25) is 43.8 Å². The fourth-order valence-electron chi connectivity index (χ4n) is 5.02. The van der Waals surface area contributed by atoms with Gasteiger partial charge in [0.15, 0.2) is 14.4 Å². The molecule has 1 aromatic carbocycles. The first-order chi connectivity index (χ1) is 19.6. The van der Waals surface area contributed by atoms with E-state index in [1.165, 1.54) is 4.90 Å². The number of halogens is 3. The molecule has 0 aliphatic carbocycles. The third-order valence-corrected chi connectivity index (χ3v) is 14.8. The predicted molar refractivity (Wildman–Crippen MR) is 171 cm³/mol. The standard InChI is InChI=1S/C31H50F3N3O4Si2/c1-21(2)26(28(31(32,33)34)41-43(9,10)30(3,4)5)35-25(38)19-36-16-15-23-22-13-11-12-14-24(22)37(27(23)29(36)39)20-40-17-18-42(6,7)8/h11-14,21,26,28H,15-20H2,1-10H3,(H,35,38). The largest absolute Gasteiger partial charge is 0.415 e. The van der Waals surface area contributed by atoms with E-state index in [0.29, 0.717) is 25.3 Å². The summed E-state index contributed by atoms with van der Waals surface area (Å²) in [7, 11) is -4.13. The normalized spacial score (nSPS) is 16.5. The summed E-state index contributed by atoms with van der Waals surface area (Å²) in [6.45, 7) is 20.0. The molecule has 242 valence electrons. The molecular weight excluding hydrogens is 592 g/mol. The zero-order valence-electron chi connectivity index (χ0n) is 27.4. The number of ether oxygens (including phenoxy) is 1. The molecule has 0 saturated carbocycles. The SMILES string of the molecule is CC(C)C(NC(=O)CN1CCc2c(n(COCC[Si](C)(C)C)c3ccccc23)C1=O)C(O[Si](C)(C)C(C)(C)C)C(F)(F)F. The van der Waals surface area contributed by atoms with Gasteiger partial charge in [0.1, 0.15) is 12.4 Å². The maximum absolute atomic E-state index is 14.4. The van der Waals surface area contributed by atoms with E-state index in [9.17, 15) is 22.8 Å². The van der Waals surface area contributed by atoms with Crippen LogP contribution in [0, 0.1) is 5.92 Å². The minimum absolute atomic E-state index is 0.208. The lowest BCUT2D eigenvalue weighted by atomic mass is 9.98. The number of nitrogens with zero attached hydrogens (tertiary/aromatic N) is 2. The molecule has 1 aliphatic rings. The highest BCUT2D eigenvalue weighted by molar-refractivity contribution is 6.76. The predicted octanol–water partition coefficient (Wildman–Crippen LogP) is 7.05. The Hall–Kier alpha value is -2.16. The van der Waals surface area contributed by atoms with Crippen LogP contribution in [0.5, 0.6) is 0 Å². The van der Waals surface area contributed by atoms with Crippen molar-refractivity contribution in [3.63, 3.8) is 0 Å². The van der Waals surface area contributed by atoms with Crippen molar-refractivity contribution in [3.05, 3.63) is 35.5 Å². The first kappa shape index (κ1) is 35.3. The van der Waals surface area contributed by atoms with Gasteiger partial charge >= 0.3 is 6.18 Å². The van der Waals surface area contributed by atoms with Gasteiger partial charge in [0.25, 0.3) is 5.91 Å². The number of amides is 2. The number of hydrogen-bond acceptors (Lipinski definition) is 4. The molecular formula is C31H50F3N3O4Si2. The van der Waals surface area contributed by atoms with Crippen LogP contribution < -0.4 is 5.32 Å². The average molecular weight is 642 g/mol. The van der Waals surface area contributed by atoms with Gasteiger partial charge in [-0.25, -0.2) is 0 Å². The third kappa shape index (κ3) is 8.52. The van der Waals surface area contributed by atoms with Gasteiger partial charge in [-0.3, -0.25) is 9.59 Å². The molecule has 0 bridgehead atoms. The van der Waals surface area contributed by atoms with Crippen molar-refractivity contribution in [2.45, 2.75) is 110 Å². The van der Waals surface area contributed by atoms with Gasteiger partial charge in [0.05, 0.1) is 18.1 Å². The van der Waals surface area contributed by atoms with E-state index in [2.05, 4.69) is 25.0 Å². The van der Waals surface area contributed by atoms with Gasteiger partial charge in [-0.05, 0) is 48.1 Å². The molecule has 0 radical (unpaired) electrons. The van der Waals surface area contributed by atoms with E-state index in [4.69, 9.17) is 9.16 Å². The first-order valence-corrected chi connectivity index (χ1v) is 21.8. The number of carbonyl (C=O) groups is 2. The van der Waals surface area contributed by atoms with Crippen molar-refractivity contribution in [2.75, 3.05) is 19.7 Å². The number of nitrogens with one attached hydrogen (secondary N) is 1. The second-order valence-electron chi connectivity index (χ2n) is 14.8. The molecule has 1 aromatic heterocycles. The number of hydrogen-bond donors (Lipinski definition) is 1. The number of rotatable bonds is 12. The molecule has 2 heterocycles. The number of carbonyl (C=O) groups excluding carboxylic acids is 2. The highest BCUT2D eigenvalue weighted by Gasteiger charge is 2.52. The lowest BCUT2D eigenvalue weighted by Gasteiger charge is -2.43. The second kappa shape index (κ2) is 13.1. The number of fused-ring (bicyclic) bond motifs is 3. The molecule has 3 rings (SSSR count). The van der Waals surface area contributed by atoms with E-state index >= 15 is 0 Å². The molecule has 43 heavy (non-hydrogen) atoms. The third-order valence-electron chi connectivity index (χ3n) is 8.67. The summed E-state index contributed by atoms with van der Waals surface area (Å²) in [5.74, 6) is -1.52. The van der Waals surface area contributed by atoms with Gasteiger partial charge in [-0.2, -0.15) is 13.2 Å². The fraction of sp³-hybridized carbons (Fsp3) is 0.677. The van der Waals surface area contributed by atoms with Crippen LogP contribution in [0.1, 0.15) is 50.7 Å². The minimum atomic E-state index is -4.68. The van der Waals surface area contributed by atoms with Crippen molar-refractivity contribution in [2.24, 2.45) is 5.92 Å². The van der Waals surface area contributed by atoms with Gasteiger partial charge in [0.2, 0.25) is 5.91 Å². The summed E-state index contributed by atoms with van der Waals surface area (Å²) in [5, 5.41) is 3.13. The first-order valence-electron chi connectivity index (χ1n) is 15.1. The van der Waals surface area contributed by atoms with Crippen molar-refractivity contribution < 1.29 is 31.9 Å². The van der Waals surface area contributed by atoms with E-state index < -0.39 is 51.6 Å². The van der Waals surface area contributed by atoms with Crippen molar-refractivity contribution in [1.29, 1.82) is 0 Å². The van der Waals surface area contributed by atoms with Gasteiger partial charge < -0.3 is 23.9 Å². The molecule has 2 amide bonds. The molecule has 1 N–H and O–H groups in total. The summed E-state index contributed by atoms with van der Waals surface area (Å²) < 4.78 is 56.9. The lowest BCUT2D eigenvalue weighted by molar-refractivity contribution is -0.210. The molecule has 7 nitrogen and oxygen atoms in total. The summed E-state index contributed by atoms with van der Waals surface area (Å²) in [6.07, 6.45) is -6.30. The molecule has 12 heteroatoms. The summed E-state index contributed by atoms with van der Waals surface area (Å²) in [4.78, 5) is 28.5. The summed E-state index contributed by atoms with van der Waals surface area (Å²) >= 11 is 0. The van der Waals surface area contributed by atoms with E-state index in [-0.39, 0.29) is 19.2 Å². The summed E-state index contributed by atoms with van der Waals surface area (Å²) in [6, 6.07) is 7.46. The molecule has 2 atom stereocenters. The molecule has 0 saturated heterocycles. The molecule has 1 aliphatic heterocycles. The smallest absolute Gasteiger partial charge is 0.404 e. The number of para-hydroxylation sites is 1. The second-order valence-corrected chi connectivity index (χ2v) is 25.2. The average Bonchev–Trinajstić information content (AvgIpc) is 3.18. The molecule has 0 fully saturated rings. The van der Waals surface area contributed by atoms with E-state index in [1.54, 1.807) is 26.9 Å². The Labute approximate surface area is 256 Å². The van der Waals surface area contributed by atoms with Gasteiger partial charge in [0, 0.05) is 26.6 Å². The Kier molecular flexibility index (Phi) is 10.7. The highest BCUT2D eigenvalue weighted by atomic mass is 28.4. The fourth-order valence-corrected chi connectivity index (χ4v) is 7.05. The maximum Gasteiger partial charge on any atom is 0.415 e. The number of benzene rings is 1. The Balaban J connectivity index is 1.82. The minimum Gasteiger partial charge on any atom is -0.404 e. The van der Waals surface area contributed by atoms with Gasteiger partial charge in [-0.1, -0.05) is 72.5 Å². The zero-order valence-corrected chi connectivity index (χ0v) is 29.4. The van der Waals surface area contributed by atoms with Crippen LogP contribution in [0.4, 0.5) is 13.2 Å². The topological polar surface area (TPSA) is 72.8 Å². The van der Waals surface area contributed by atoms with E-state index in [1.807, 2.05) is 49.6 Å². The van der Waals surface area contributed by atoms with Crippen LogP contribution >= 0.6 is 0 Å². The Morgan fingerprint density at radius 3 is 2.26 bits per heavy atom. The van der Waals surface area contributed by atoms with Crippen molar-refractivity contribution in [3.8, 4) is 0 Å². The Bertz CT molecular complexity index is 1300. The molecule has 2 unspecified atom stereocenters. The van der Waals surface area contributed by atoms with Crippen molar-refractivity contribution in [1.82, 2.24) is 14.8 Å². The van der Waals surface area contributed by atoms with Crippen LogP contribution in [0.25, 0.3) is 10.9 Å². The van der Waals surface area contributed by atoms with E-state index in [0.717, 1.165) is 22.5 Å². The van der Waals surface area contributed by atoms with Crippen LogP contribution in [0.3, 0.4) is 0 Å². The Morgan fingerprint density at radius 1 is 1.07 bits per heavy atom. The summed E-state index contributed by atoms with van der Waals surface area (Å²) in [5.41, 5.74) is 2.27. The number of alkyl halides is 3. The molecule has 0 spiro atoms. The Morgan fingerprint density at radius 2 is 1.70 bits per heavy atom. The quantitative estimate of drug-likeness (QED) is 0.199. The monoisotopic (exact) mass is 641 g/mol. The maximum atomic E-state index is 14.4. The number of aromatic nitrogens is 1. The molecule has 2 aromatic rings. The zero-order chi connectivity index (χ0) is 32.5. The van der Waals surface area contributed by atoms with Crippen LogP contribution in [-0.4, -0.2) is 75.7 Å². The van der Waals surface area contributed by atoms with Crippen LogP contribution in [0.15, 0.2) is 24.3 Å². The van der Waals surface area contributed by atoms with Crippen molar-refractivity contribution >= 4 is 39.1 Å².